The first-order chi connectivity index (χ1) is 15.5. The van der Waals surface area contributed by atoms with E-state index in [1.807, 2.05) is 0 Å². The van der Waals surface area contributed by atoms with Crippen molar-refractivity contribution in [3.05, 3.63) is 76.3 Å². The van der Waals surface area contributed by atoms with Crippen LogP contribution >= 0.6 is 0 Å². The number of nitrogen functional groups attached to an aromatic ring is 1. The molecule has 9 nitrogen and oxygen atoms in total. The lowest BCUT2D eigenvalue weighted by Gasteiger charge is -2.24. The highest BCUT2D eigenvalue weighted by atomic mass is 32.2. The zero-order valence-corrected chi connectivity index (χ0v) is 18.4. The zero-order chi connectivity index (χ0) is 24.1. The molecule has 1 amide bonds. The minimum atomic E-state index is -4.82. The van der Waals surface area contributed by atoms with Crippen LogP contribution in [0.3, 0.4) is 0 Å². The molecule has 10 heteroatoms. The quantitative estimate of drug-likeness (QED) is 0.264. The summed E-state index contributed by atoms with van der Waals surface area (Å²) >= 11 is 0. The molecule has 0 saturated carbocycles. The average molecular weight is 465 g/mol. The van der Waals surface area contributed by atoms with Gasteiger partial charge < -0.3 is 16.4 Å². The monoisotopic (exact) mass is 465 g/mol. The van der Waals surface area contributed by atoms with Gasteiger partial charge in [-0.3, -0.25) is 18.9 Å². The summed E-state index contributed by atoms with van der Waals surface area (Å²) in [5.74, 6) is -1.44. The lowest BCUT2D eigenvalue weighted by molar-refractivity contribution is -0.114. The van der Waals surface area contributed by atoms with E-state index in [0.29, 0.717) is 11.4 Å². The molecule has 0 saturated heterocycles. The van der Waals surface area contributed by atoms with Gasteiger partial charge in [-0.2, -0.15) is 8.42 Å². The lowest BCUT2D eigenvalue weighted by Crippen LogP contribution is -2.25. The molecule has 33 heavy (non-hydrogen) atoms. The van der Waals surface area contributed by atoms with Crippen molar-refractivity contribution in [2.24, 2.45) is 0 Å². The Kier molecular flexibility index (Phi) is 5.27. The van der Waals surface area contributed by atoms with E-state index < -0.39 is 32.3 Å². The summed E-state index contributed by atoms with van der Waals surface area (Å²) in [6.45, 7) is 3.14. The van der Waals surface area contributed by atoms with E-state index in [-0.39, 0.29) is 33.8 Å². The molecule has 1 aliphatic carbocycles. The highest BCUT2D eigenvalue weighted by molar-refractivity contribution is 7.86. The molecular formula is C23H19N3O6S. The smallest absolute Gasteiger partial charge is 0.296 e. The molecule has 3 aromatic rings. The summed E-state index contributed by atoms with van der Waals surface area (Å²) in [6, 6.07) is 12.1. The maximum atomic E-state index is 13.3. The van der Waals surface area contributed by atoms with Crippen LogP contribution in [0.4, 0.5) is 22.7 Å². The van der Waals surface area contributed by atoms with Crippen LogP contribution in [-0.4, -0.2) is 30.4 Å². The maximum absolute atomic E-state index is 13.3. The molecule has 0 bridgehead atoms. The van der Waals surface area contributed by atoms with Gasteiger partial charge in [0, 0.05) is 29.4 Å². The molecular weight excluding hydrogens is 446 g/mol. The Labute approximate surface area is 189 Å². The van der Waals surface area contributed by atoms with Crippen molar-refractivity contribution >= 4 is 50.3 Å². The Hall–Kier alpha value is -4.02. The van der Waals surface area contributed by atoms with Crippen LogP contribution in [0.1, 0.15) is 44.3 Å². The van der Waals surface area contributed by atoms with E-state index >= 15 is 0 Å². The number of amides is 1. The van der Waals surface area contributed by atoms with Crippen molar-refractivity contribution < 1.29 is 27.4 Å². The van der Waals surface area contributed by atoms with Crippen molar-refractivity contribution in [1.29, 1.82) is 0 Å². The highest BCUT2D eigenvalue weighted by Crippen LogP contribution is 2.40. The van der Waals surface area contributed by atoms with Crippen LogP contribution in [0, 0.1) is 6.92 Å². The Bertz CT molecular complexity index is 1480. The fourth-order valence-electron chi connectivity index (χ4n) is 3.79. The van der Waals surface area contributed by atoms with Crippen LogP contribution < -0.4 is 16.4 Å². The standard InChI is InChI=1S/C23H19N3O6S/c1-11-7-8-13(9-16(11)25-12(2)27)26-17-10-18(33(30,31)32)21(24)20-19(17)22(28)14-5-3-4-6-15(14)23(20)29/h3-10,26H,24H2,1-2H3,(H,25,27)(H,30,31,32). The number of hydrogen-bond acceptors (Lipinski definition) is 7. The van der Waals surface area contributed by atoms with Gasteiger partial charge in [0.05, 0.1) is 22.5 Å². The molecule has 0 atom stereocenters. The van der Waals surface area contributed by atoms with E-state index in [9.17, 15) is 27.4 Å². The van der Waals surface area contributed by atoms with E-state index in [1.165, 1.54) is 19.1 Å². The zero-order valence-electron chi connectivity index (χ0n) is 17.6. The molecule has 0 aromatic heterocycles. The first-order valence-corrected chi connectivity index (χ1v) is 11.2. The molecule has 0 fully saturated rings. The summed E-state index contributed by atoms with van der Waals surface area (Å²) in [7, 11) is -4.82. The van der Waals surface area contributed by atoms with Crippen LogP contribution in [0.5, 0.6) is 0 Å². The molecule has 5 N–H and O–H groups in total. The minimum absolute atomic E-state index is 0.0303. The number of fused-ring (bicyclic) bond motifs is 2. The molecule has 3 aromatic carbocycles. The normalized spacial score (nSPS) is 12.7. The molecule has 168 valence electrons. The molecule has 0 unspecified atom stereocenters. The van der Waals surface area contributed by atoms with Gasteiger partial charge in [-0.15, -0.1) is 0 Å². The van der Waals surface area contributed by atoms with Crippen molar-refractivity contribution in [2.75, 3.05) is 16.4 Å². The molecule has 0 heterocycles. The third kappa shape index (κ3) is 3.86. The van der Waals surface area contributed by atoms with Crippen molar-refractivity contribution in [3.8, 4) is 0 Å². The van der Waals surface area contributed by atoms with Gasteiger partial charge in [0.2, 0.25) is 5.91 Å². The summed E-state index contributed by atoms with van der Waals surface area (Å²) < 4.78 is 33.7. The summed E-state index contributed by atoms with van der Waals surface area (Å²) in [4.78, 5) is 37.3. The van der Waals surface area contributed by atoms with Gasteiger partial charge in [-0.05, 0) is 30.7 Å². The molecule has 1 aliphatic rings. The van der Waals surface area contributed by atoms with E-state index in [1.54, 1.807) is 37.3 Å². The van der Waals surface area contributed by atoms with Crippen molar-refractivity contribution in [1.82, 2.24) is 0 Å². The largest absolute Gasteiger partial charge is 0.397 e. The Morgan fingerprint density at radius 2 is 1.55 bits per heavy atom. The second-order valence-corrected chi connectivity index (χ2v) is 8.99. The van der Waals surface area contributed by atoms with Crippen molar-refractivity contribution in [3.63, 3.8) is 0 Å². The Morgan fingerprint density at radius 1 is 0.939 bits per heavy atom. The summed E-state index contributed by atoms with van der Waals surface area (Å²) in [5, 5.41) is 5.62. The molecule has 0 spiro atoms. The predicted molar refractivity (Wildman–Crippen MR) is 123 cm³/mol. The highest BCUT2D eigenvalue weighted by Gasteiger charge is 2.36. The van der Waals surface area contributed by atoms with Crippen LogP contribution in [0.15, 0.2) is 53.4 Å². The third-order valence-electron chi connectivity index (χ3n) is 5.31. The number of nitrogens with one attached hydrogen (secondary N) is 2. The van der Waals surface area contributed by atoms with Gasteiger partial charge in [-0.25, -0.2) is 0 Å². The first-order valence-electron chi connectivity index (χ1n) is 9.76. The fourth-order valence-corrected chi connectivity index (χ4v) is 4.43. The number of hydrogen-bond donors (Lipinski definition) is 4. The maximum Gasteiger partial charge on any atom is 0.296 e. The lowest BCUT2D eigenvalue weighted by atomic mass is 9.82. The van der Waals surface area contributed by atoms with Gasteiger partial charge in [0.15, 0.2) is 11.6 Å². The number of aryl methyl sites for hydroxylation is 1. The van der Waals surface area contributed by atoms with E-state index in [2.05, 4.69) is 10.6 Å². The van der Waals surface area contributed by atoms with Crippen LogP contribution in [-0.2, 0) is 14.9 Å². The van der Waals surface area contributed by atoms with E-state index in [0.717, 1.165) is 11.6 Å². The predicted octanol–water partition coefficient (Wildman–Crippen LogP) is 3.30. The number of rotatable bonds is 4. The number of carbonyl (C=O) groups is 3. The summed E-state index contributed by atoms with van der Waals surface area (Å²) in [6.07, 6.45) is 0. The van der Waals surface area contributed by atoms with Gasteiger partial charge in [0.1, 0.15) is 4.90 Å². The van der Waals surface area contributed by atoms with Gasteiger partial charge in [0.25, 0.3) is 10.1 Å². The first kappa shape index (κ1) is 22.2. The Balaban J connectivity index is 1.96. The molecule has 0 aliphatic heterocycles. The fraction of sp³-hybridized carbons (Fsp3) is 0.0870. The summed E-state index contributed by atoms with van der Waals surface area (Å²) in [5.41, 5.74) is 6.94. The second-order valence-electron chi connectivity index (χ2n) is 7.60. The average Bonchev–Trinajstić information content (AvgIpc) is 2.74. The van der Waals surface area contributed by atoms with Crippen LogP contribution in [0.2, 0.25) is 0 Å². The number of ketones is 2. The van der Waals surface area contributed by atoms with Gasteiger partial charge >= 0.3 is 0 Å². The molecule has 4 rings (SSSR count). The number of carbonyl (C=O) groups excluding carboxylic acids is 3. The Morgan fingerprint density at radius 3 is 2.12 bits per heavy atom. The van der Waals surface area contributed by atoms with E-state index in [4.69, 9.17) is 5.73 Å². The SMILES string of the molecule is CC(=O)Nc1cc(Nc2cc(S(=O)(=O)O)c(N)c3c2C(=O)c2ccccc2C3=O)ccc1C. The minimum Gasteiger partial charge on any atom is -0.397 e. The van der Waals surface area contributed by atoms with Crippen LogP contribution in [0.25, 0.3) is 0 Å². The topological polar surface area (TPSA) is 156 Å². The third-order valence-corrected chi connectivity index (χ3v) is 6.20. The number of benzene rings is 3. The van der Waals surface area contributed by atoms with Gasteiger partial charge in [-0.1, -0.05) is 30.3 Å². The number of anilines is 4. The molecule has 0 radical (unpaired) electrons. The van der Waals surface area contributed by atoms with Crippen molar-refractivity contribution in [2.45, 2.75) is 18.7 Å². The number of nitrogens with two attached hydrogens (primary N) is 1. The second kappa shape index (κ2) is 7.84.